The molecule has 0 saturated carbocycles. The van der Waals surface area contributed by atoms with Crippen LogP contribution in [0.4, 0.5) is 22.7 Å². The smallest absolute Gasteiger partial charge is 0.0623 e. The van der Waals surface area contributed by atoms with Gasteiger partial charge >= 0.3 is 0 Å². The molecular formula is C47H51N3. The highest BCUT2D eigenvalue weighted by Crippen LogP contribution is 2.45. The summed E-state index contributed by atoms with van der Waals surface area (Å²) in [5.41, 5.74) is 10.6. The van der Waals surface area contributed by atoms with Crippen molar-refractivity contribution in [1.29, 1.82) is 0 Å². The first kappa shape index (κ1) is 35.8. The molecule has 3 atom stereocenters. The fraction of sp³-hybridized carbons (Fsp3) is 0.191. The van der Waals surface area contributed by atoms with Crippen molar-refractivity contribution in [2.45, 2.75) is 53.1 Å². The first-order valence-corrected chi connectivity index (χ1v) is 17.9. The average molecular weight is 658 g/mol. The zero-order chi connectivity index (χ0) is 35.3. The fourth-order valence-electron chi connectivity index (χ4n) is 7.07. The number of para-hydroxylation sites is 4. The van der Waals surface area contributed by atoms with Crippen LogP contribution in [0.5, 0.6) is 0 Å². The fourth-order valence-corrected chi connectivity index (χ4v) is 7.07. The van der Waals surface area contributed by atoms with E-state index in [1.165, 1.54) is 33.9 Å². The maximum absolute atomic E-state index is 4.34. The van der Waals surface area contributed by atoms with Crippen molar-refractivity contribution in [2.24, 2.45) is 5.92 Å². The van der Waals surface area contributed by atoms with Gasteiger partial charge in [0.05, 0.1) is 12.1 Å². The summed E-state index contributed by atoms with van der Waals surface area (Å²) in [6.45, 7) is 15.0. The van der Waals surface area contributed by atoms with E-state index in [1.807, 2.05) is 51.1 Å². The maximum Gasteiger partial charge on any atom is 0.0623 e. The van der Waals surface area contributed by atoms with E-state index >= 15 is 0 Å². The molecule has 0 saturated heterocycles. The van der Waals surface area contributed by atoms with Crippen molar-refractivity contribution in [3.8, 4) is 0 Å². The van der Waals surface area contributed by atoms with Gasteiger partial charge in [0, 0.05) is 46.5 Å². The van der Waals surface area contributed by atoms with Crippen LogP contribution in [-0.4, -0.2) is 12.1 Å². The van der Waals surface area contributed by atoms with Gasteiger partial charge in [0.25, 0.3) is 0 Å². The molecule has 0 aromatic heterocycles. The minimum atomic E-state index is 0.0826. The van der Waals surface area contributed by atoms with Gasteiger partial charge in [0.1, 0.15) is 0 Å². The molecule has 0 fully saturated rings. The molecule has 0 radical (unpaired) electrons. The standard InChI is InChI=1S/C45H45N3.C2H6/c1-5-6-10-21-34(2)32-39(46-38-23-11-7-12-24-38)33-37-22-17-19-30-43(37)47(40-25-13-8-14-26-40)35(3)45-36(4)48(41-27-15-9-16-28-41)44-31-20-18-29-42(44)45;1-2/h5-32,35,42,44,46H,2,33H2,1,3-4H3;1-2H3/b6-5-,21-10-,39-32-;. The van der Waals surface area contributed by atoms with Gasteiger partial charge in [-0.2, -0.15) is 0 Å². The number of hydrogen-bond donors (Lipinski definition) is 1. The summed E-state index contributed by atoms with van der Waals surface area (Å²) in [5, 5.41) is 3.70. The van der Waals surface area contributed by atoms with E-state index in [1.54, 1.807) is 0 Å². The van der Waals surface area contributed by atoms with Crippen LogP contribution in [0, 0.1) is 5.92 Å². The quantitative estimate of drug-likeness (QED) is 0.153. The van der Waals surface area contributed by atoms with Crippen LogP contribution >= 0.6 is 0 Å². The predicted molar refractivity (Wildman–Crippen MR) is 218 cm³/mol. The van der Waals surface area contributed by atoms with Crippen molar-refractivity contribution in [2.75, 3.05) is 15.1 Å². The Hall–Kier alpha value is -5.54. The molecule has 4 aromatic rings. The third-order valence-corrected chi connectivity index (χ3v) is 9.13. The Balaban J connectivity index is 0.00000239. The van der Waals surface area contributed by atoms with E-state index in [2.05, 4.69) is 175 Å². The molecule has 6 rings (SSSR count). The van der Waals surface area contributed by atoms with Crippen LogP contribution in [0.3, 0.4) is 0 Å². The van der Waals surface area contributed by atoms with Gasteiger partial charge in [-0.3, -0.25) is 0 Å². The second-order valence-corrected chi connectivity index (χ2v) is 12.3. The van der Waals surface area contributed by atoms with Crippen LogP contribution in [0.2, 0.25) is 0 Å². The molecule has 3 nitrogen and oxygen atoms in total. The molecule has 0 bridgehead atoms. The minimum absolute atomic E-state index is 0.0826. The Labute approximate surface area is 300 Å². The maximum atomic E-state index is 4.34. The summed E-state index contributed by atoms with van der Waals surface area (Å²) in [4.78, 5) is 5.05. The van der Waals surface area contributed by atoms with Gasteiger partial charge in [-0.25, -0.2) is 0 Å². The summed E-state index contributed by atoms with van der Waals surface area (Å²) >= 11 is 0. The van der Waals surface area contributed by atoms with Crippen LogP contribution in [-0.2, 0) is 6.42 Å². The van der Waals surface area contributed by atoms with E-state index in [4.69, 9.17) is 0 Å². The number of fused-ring (bicyclic) bond motifs is 1. The van der Waals surface area contributed by atoms with E-state index in [9.17, 15) is 0 Å². The highest BCUT2D eigenvalue weighted by atomic mass is 15.2. The second kappa shape index (κ2) is 17.7. The van der Waals surface area contributed by atoms with Crippen molar-refractivity contribution < 1.29 is 0 Å². The van der Waals surface area contributed by atoms with Gasteiger partial charge in [-0.15, -0.1) is 0 Å². The highest BCUT2D eigenvalue weighted by Gasteiger charge is 2.41. The van der Waals surface area contributed by atoms with Crippen molar-refractivity contribution in [1.82, 2.24) is 0 Å². The lowest BCUT2D eigenvalue weighted by atomic mass is 9.86. The summed E-state index contributed by atoms with van der Waals surface area (Å²) in [6, 6.07) is 41.2. The first-order valence-electron chi connectivity index (χ1n) is 17.9. The number of nitrogens with zero attached hydrogens (tertiary/aromatic N) is 2. The number of rotatable bonds is 12. The molecule has 1 N–H and O–H groups in total. The predicted octanol–water partition coefficient (Wildman–Crippen LogP) is 12.4. The molecule has 4 aromatic carbocycles. The average Bonchev–Trinajstić information content (AvgIpc) is 3.46. The zero-order valence-electron chi connectivity index (χ0n) is 30.2. The van der Waals surface area contributed by atoms with Crippen LogP contribution in [0.25, 0.3) is 0 Å². The van der Waals surface area contributed by atoms with Gasteiger partial charge in [-0.1, -0.05) is 142 Å². The molecular weight excluding hydrogens is 607 g/mol. The molecule has 2 aliphatic rings. The normalized spacial score (nSPS) is 17.5. The first-order chi connectivity index (χ1) is 24.5. The molecule has 3 unspecified atom stereocenters. The van der Waals surface area contributed by atoms with Crippen molar-refractivity contribution >= 4 is 22.7 Å². The number of nitrogens with one attached hydrogen (secondary N) is 1. The van der Waals surface area contributed by atoms with E-state index in [-0.39, 0.29) is 18.0 Å². The Bertz CT molecular complexity index is 1880. The Morgan fingerprint density at radius 2 is 1.44 bits per heavy atom. The van der Waals surface area contributed by atoms with E-state index in [0.717, 1.165) is 17.0 Å². The summed E-state index contributed by atoms with van der Waals surface area (Å²) in [6.07, 6.45) is 20.1. The van der Waals surface area contributed by atoms with Crippen LogP contribution in [0.1, 0.15) is 40.2 Å². The van der Waals surface area contributed by atoms with Gasteiger partial charge in [-0.05, 0) is 86.0 Å². The van der Waals surface area contributed by atoms with Gasteiger partial charge in [0.2, 0.25) is 0 Å². The van der Waals surface area contributed by atoms with Gasteiger partial charge < -0.3 is 15.1 Å². The van der Waals surface area contributed by atoms with E-state index < -0.39 is 0 Å². The van der Waals surface area contributed by atoms with E-state index in [0.29, 0.717) is 6.42 Å². The molecule has 3 heteroatoms. The summed E-state index contributed by atoms with van der Waals surface area (Å²) in [5.74, 6) is 0.270. The Kier molecular flexibility index (Phi) is 12.7. The minimum Gasteiger partial charge on any atom is -0.359 e. The second-order valence-electron chi connectivity index (χ2n) is 12.3. The number of benzene rings is 4. The molecule has 254 valence electrons. The Morgan fingerprint density at radius 3 is 2.14 bits per heavy atom. The van der Waals surface area contributed by atoms with Crippen molar-refractivity contribution in [3.05, 3.63) is 205 Å². The topological polar surface area (TPSA) is 18.5 Å². The largest absolute Gasteiger partial charge is 0.359 e. The monoisotopic (exact) mass is 657 g/mol. The SMILES string of the molecule is C=C(/C=C\C=C/C)/C=C(/Cc1ccccc1N(c1ccccc1)C(C)C1=C(C)N(c2ccccc2)C2C=CC=CC12)Nc1ccccc1.CC. The highest BCUT2D eigenvalue weighted by molar-refractivity contribution is 5.71. The molecule has 0 spiro atoms. The zero-order valence-corrected chi connectivity index (χ0v) is 30.2. The molecule has 1 aliphatic heterocycles. The molecule has 1 heterocycles. The lowest BCUT2D eigenvalue weighted by Crippen LogP contribution is -2.35. The number of anilines is 4. The van der Waals surface area contributed by atoms with Crippen LogP contribution < -0.4 is 15.1 Å². The number of hydrogen-bond acceptors (Lipinski definition) is 3. The molecule has 1 aliphatic carbocycles. The lowest BCUT2D eigenvalue weighted by molar-refractivity contribution is 0.632. The molecule has 0 amide bonds. The molecule has 50 heavy (non-hydrogen) atoms. The summed E-state index contributed by atoms with van der Waals surface area (Å²) in [7, 11) is 0. The third kappa shape index (κ3) is 8.36. The van der Waals surface area contributed by atoms with Crippen LogP contribution in [0.15, 0.2) is 199 Å². The van der Waals surface area contributed by atoms with Gasteiger partial charge in [0.15, 0.2) is 0 Å². The number of allylic oxidation sites excluding steroid dienone is 10. The van der Waals surface area contributed by atoms with Crippen molar-refractivity contribution in [3.63, 3.8) is 0 Å². The third-order valence-electron chi connectivity index (χ3n) is 9.13. The lowest BCUT2D eigenvalue weighted by Gasteiger charge is -2.36. The summed E-state index contributed by atoms with van der Waals surface area (Å²) < 4.78 is 0. The Morgan fingerprint density at radius 1 is 0.820 bits per heavy atom.